The van der Waals surface area contributed by atoms with E-state index in [1.807, 2.05) is 30.5 Å². The summed E-state index contributed by atoms with van der Waals surface area (Å²) in [6.07, 6.45) is 7.13. The summed E-state index contributed by atoms with van der Waals surface area (Å²) in [6.45, 7) is 0. The predicted octanol–water partition coefficient (Wildman–Crippen LogP) is 3.93. The molecule has 1 aliphatic carbocycles. The van der Waals surface area contributed by atoms with Crippen molar-refractivity contribution in [3.8, 4) is 22.9 Å². The van der Waals surface area contributed by atoms with Gasteiger partial charge in [-0.05, 0) is 43.0 Å². The average molecular weight is 380 g/mol. The second-order valence-electron chi connectivity index (χ2n) is 7.12. The fraction of sp³-hybridized carbons (Fsp3) is 0.381. The number of fused-ring (bicyclic) bond motifs is 1. The number of imidazole rings is 1. The van der Waals surface area contributed by atoms with Crippen molar-refractivity contribution in [2.24, 2.45) is 5.92 Å². The number of nitrogens with zero attached hydrogens (tertiary/aromatic N) is 3. The molecule has 0 bridgehead atoms. The van der Waals surface area contributed by atoms with Crippen LogP contribution in [0.15, 0.2) is 36.5 Å². The molecule has 0 unspecified atom stereocenters. The smallest absolute Gasteiger partial charge is 0.231 e. The molecule has 7 heteroatoms. The normalized spacial score (nSPS) is 14.4. The van der Waals surface area contributed by atoms with Crippen molar-refractivity contribution < 1.29 is 14.3 Å². The maximum atomic E-state index is 12.5. The molecule has 2 heterocycles. The van der Waals surface area contributed by atoms with E-state index in [0.29, 0.717) is 29.7 Å². The lowest BCUT2D eigenvalue weighted by Crippen LogP contribution is -2.15. The van der Waals surface area contributed by atoms with Gasteiger partial charge in [0.05, 0.1) is 31.8 Å². The molecular formula is C21H24N4O3. The van der Waals surface area contributed by atoms with Gasteiger partial charge < -0.3 is 14.8 Å². The zero-order chi connectivity index (χ0) is 19.5. The van der Waals surface area contributed by atoms with Crippen molar-refractivity contribution in [2.75, 3.05) is 19.5 Å². The SMILES string of the molecule is COc1ccc2nc(-c3ccc(OC)c(NC(=O)CC4CCCC4)c3)cn2n1. The molecule has 0 atom stereocenters. The van der Waals surface area contributed by atoms with Gasteiger partial charge in [-0.1, -0.05) is 12.8 Å². The first kappa shape index (κ1) is 18.3. The van der Waals surface area contributed by atoms with Crippen molar-refractivity contribution in [3.05, 3.63) is 36.5 Å². The fourth-order valence-corrected chi connectivity index (χ4v) is 3.76. The summed E-state index contributed by atoms with van der Waals surface area (Å²) in [4.78, 5) is 17.1. The number of methoxy groups -OCH3 is 2. The van der Waals surface area contributed by atoms with Crippen LogP contribution in [-0.4, -0.2) is 34.7 Å². The summed E-state index contributed by atoms with van der Waals surface area (Å²) < 4.78 is 12.3. The van der Waals surface area contributed by atoms with E-state index >= 15 is 0 Å². The standard InChI is InChI=1S/C21H24N4O3/c1-27-18-8-7-15(12-16(18)23-20(26)11-14-5-3-4-6-14)17-13-25-19(22-17)9-10-21(24-25)28-2/h7-10,12-14H,3-6,11H2,1-2H3,(H,23,26). The first-order valence-corrected chi connectivity index (χ1v) is 9.55. The van der Waals surface area contributed by atoms with Crippen molar-refractivity contribution in [3.63, 3.8) is 0 Å². The van der Waals surface area contributed by atoms with Gasteiger partial charge in [0.25, 0.3) is 0 Å². The molecule has 1 N–H and O–H groups in total. The van der Waals surface area contributed by atoms with Gasteiger partial charge in [-0.15, -0.1) is 5.10 Å². The highest BCUT2D eigenvalue weighted by molar-refractivity contribution is 5.93. The van der Waals surface area contributed by atoms with Gasteiger partial charge in [-0.3, -0.25) is 4.79 Å². The zero-order valence-corrected chi connectivity index (χ0v) is 16.1. The molecule has 0 radical (unpaired) electrons. The van der Waals surface area contributed by atoms with Crippen molar-refractivity contribution >= 4 is 17.2 Å². The molecule has 1 aliphatic rings. The second-order valence-corrected chi connectivity index (χ2v) is 7.12. The molecule has 0 spiro atoms. The van der Waals surface area contributed by atoms with Crippen LogP contribution >= 0.6 is 0 Å². The molecule has 1 amide bonds. The summed E-state index contributed by atoms with van der Waals surface area (Å²) in [5, 5.41) is 7.36. The lowest BCUT2D eigenvalue weighted by molar-refractivity contribution is -0.117. The quantitative estimate of drug-likeness (QED) is 0.701. The van der Waals surface area contributed by atoms with Crippen LogP contribution < -0.4 is 14.8 Å². The number of benzene rings is 1. The van der Waals surface area contributed by atoms with Gasteiger partial charge in [0.15, 0.2) is 5.65 Å². The Kier molecular flexibility index (Phi) is 5.14. The van der Waals surface area contributed by atoms with Crippen LogP contribution in [0.3, 0.4) is 0 Å². The predicted molar refractivity (Wildman–Crippen MR) is 107 cm³/mol. The van der Waals surface area contributed by atoms with Gasteiger partial charge in [0.2, 0.25) is 11.8 Å². The van der Waals surface area contributed by atoms with Gasteiger partial charge >= 0.3 is 0 Å². The molecule has 4 rings (SSSR count). The first-order chi connectivity index (χ1) is 13.7. The molecule has 3 aromatic rings. The number of carbonyl (C=O) groups excluding carboxylic acids is 1. The average Bonchev–Trinajstić information content (AvgIpc) is 3.36. The van der Waals surface area contributed by atoms with Crippen LogP contribution in [0.4, 0.5) is 5.69 Å². The Labute approximate surface area is 163 Å². The lowest BCUT2D eigenvalue weighted by atomic mass is 10.0. The number of ether oxygens (including phenoxy) is 2. The number of amides is 1. The number of carbonyl (C=O) groups is 1. The molecule has 0 saturated heterocycles. The van der Waals surface area contributed by atoms with E-state index < -0.39 is 0 Å². The van der Waals surface area contributed by atoms with Crippen LogP contribution in [-0.2, 0) is 4.79 Å². The summed E-state index contributed by atoms with van der Waals surface area (Å²) >= 11 is 0. The summed E-state index contributed by atoms with van der Waals surface area (Å²) in [5.41, 5.74) is 3.01. The topological polar surface area (TPSA) is 77.8 Å². The Bertz CT molecular complexity index is 992. The monoisotopic (exact) mass is 380 g/mol. The van der Waals surface area contributed by atoms with Crippen molar-refractivity contribution in [2.45, 2.75) is 32.1 Å². The number of hydrogen-bond donors (Lipinski definition) is 1. The molecular weight excluding hydrogens is 356 g/mol. The van der Waals surface area contributed by atoms with Crippen LogP contribution in [0, 0.1) is 5.92 Å². The molecule has 28 heavy (non-hydrogen) atoms. The van der Waals surface area contributed by atoms with Crippen LogP contribution in [0.25, 0.3) is 16.9 Å². The van der Waals surface area contributed by atoms with Gasteiger partial charge in [0, 0.05) is 18.1 Å². The summed E-state index contributed by atoms with van der Waals surface area (Å²) in [7, 11) is 3.18. The third-order valence-corrected chi connectivity index (χ3v) is 5.22. The Balaban J connectivity index is 1.59. The minimum absolute atomic E-state index is 0.0313. The third kappa shape index (κ3) is 3.78. The van der Waals surface area contributed by atoms with Gasteiger partial charge in [0.1, 0.15) is 5.75 Å². The van der Waals surface area contributed by atoms with E-state index in [2.05, 4.69) is 15.4 Å². The Morgan fingerprint density at radius 3 is 2.75 bits per heavy atom. The second kappa shape index (κ2) is 7.88. The summed E-state index contributed by atoms with van der Waals surface area (Å²) in [5.74, 6) is 1.68. The van der Waals surface area contributed by atoms with E-state index in [1.54, 1.807) is 24.8 Å². The van der Waals surface area contributed by atoms with Crippen LogP contribution in [0.1, 0.15) is 32.1 Å². The number of rotatable bonds is 6. The minimum atomic E-state index is 0.0313. The number of aromatic nitrogens is 3. The lowest BCUT2D eigenvalue weighted by Gasteiger charge is -2.13. The molecule has 1 fully saturated rings. The highest BCUT2D eigenvalue weighted by Gasteiger charge is 2.19. The van der Waals surface area contributed by atoms with E-state index in [0.717, 1.165) is 29.7 Å². The Hall–Kier alpha value is -3.09. The third-order valence-electron chi connectivity index (χ3n) is 5.22. The maximum absolute atomic E-state index is 12.5. The minimum Gasteiger partial charge on any atom is -0.495 e. The number of hydrogen-bond acceptors (Lipinski definition) is 5. The first-order valence-electron chi connectivity index (χ1n) is 9.55. The number of anilines is 1. The zero-order valence-electron chi connectivity index (χ0n) is 16.1. The molecule has 7 nitrogen and oxygen atoms in total. The maximum Gasteiger partial charge on any atom is 0.231 e. The van der Waals surface area contributed by atoms with Crippen molar-refractivity contribution in [1.82, 2.24) is 14.6 Å². The molecule has 2 aromatic heterocycles. The highest BCUT2D eigenvalue weighted by atomic mass is 16.5. The largest absolute Gasteiger partial charge is 0.495 e. The van der Waals surface area contributed by atoms with E-state index in [9.17, 15) is 4.79 Å². The van der Waals surface area contributed by atoms with E-state index in [4.69, 9.17) is 9.47 Å². The Morgan fingerprint density at radius 1 is 1.18 bits per heavy atom. The van der Waals surface area contributed by atoms with Crippen LogP contribution in [0.5, 0.6) is 11.6 Å². The van der Waals surface area contributed by atoms with Crippen molar-refractivity contribution in [1.29, 1.82) is 0 Å². The molecule has 0 aliphatic heterocycles. The molecule has 146 valence electrons. The summed E-state index contributed by atoms with van der Waals surface area (Å²) in [6, 6.07) is 9.28. The molecule has 1 saturated carbocycles. The van der Waals surface area contributed by atoms with Crippen LogP contribution in [0.2, 0.25) is 0 Å². The van der Waals surface area contributed by atoms with Gasteiger partial charge in [-0.2, -0.15) is 0 Å². The van der Waals surface area contributed by atoms with Gasteiger partial charge in [-0.25, -0.2) is 9.50 Å². The highest BCUT2D eigenvalue weighted by Crippen LogP contribution is 2.32. The number of nitrogens with one attached hydrogen (secondary N) is 1. The molecule has 1 aromatic carbocycles. The Morgan fingerprint density at radius 2 is 2.00 bits per heavy atom. The van der Waals surface area contributed by atoms with E-state index in [1.165, 1.54) is 12.8 Å². The fourth-order valence-electron chi connectivity index (χ4n) is 3.76. The van der Waals surface area contributed by atoms with E-state index in [-0.39, 0.29) is 5.91 Å².